The maximum Gasteiger partial charge on any atom is 0.0468 e. The van der Waals surface area contributed by atoms with Gasteiger partial charge in [0.2, 0.25) is 0 Å². The highest BCUT2D eigenvalue weighted by Crippen LogP contribution is 2.42. The summed E-state index contributed by atoms with van der Waals surface area (Å²) in [5.74, 6) is 0. The third kappa shape index (κ3) is 6.72. The summed E-state index contributed by atoms with van der Waals surface area (Å²) in [5.41, 5.74) is 18.4. The van der Waals surface area contributed by atoms with Crippen LogP contribution in [0, 0.1) is 6.92 Å². The summed E-state index contributed by atoms with van der Waals surface area (Å²) in [4.78, 5) is 2.38. The SMILES string of the molecule is C/C=C\c1cc(-c2ccc(N(c3ccc(-c4ccc5c(c4)CCC=C5)cc3)c3ccc(-c4ccccc4)c(-c4ccccc4)c3)cc2)ccc1C. The predicted molar refractivity (Wildman–Crippen MR) is 220 cm³/mol. The first-order valence-corrected chi connectivity index (χ1v) is 17.9. The molecule has 0 amide bonds. The second kappa shape index (κ2) is 14.4. The molecule has 0 fully saturated rings. The van der Waals surface area contributed by atoms with Crippen molar-refractivity contribution in [3.8, 4) is 44.5 Å². The molecule has 0 N–H and O–H groups in total. The van der Waals surface area contributed by atoms with E-state index in [9.17, 15) is 0 Å². The molecule has 0 aromatic heterocycles. The fourth-order valence-corrected chi connectivity index (χ4v) is 7.24. The van der Waals surface area contributed by atoms with Gasteiger partial charge < -0.3 is 4.90 Å². The van der Waals surface area contributed by atoms with Gasteiger partial charge in [0.1, 0.15) is 0 Å². The highest BCUT2D eigenvalue weighted by molar-refractivity contribution is 5.89. The minimum absolute atomic E-state index is 1.10. The van der Waals surface area contributed by atoms with E-state index in [-0.39, 0.29) is 0 Å². The fraction of sp³-hybridized carbons (Fsp3) is 0.0800. The number of nitrogens with zero attached hydrogens (tertiary/aromatic N) is 1. The van der Waals surface area contributed by atoms with E-state index < -0.39 is 0 Å². The quantitative estimate of drug-likeness (QED) is 0.157. The molecule has 0 heterocycles. The van der Waals surface area contributed by atoms with E-state index in [0.717, 1.165) is 29.9 Å². The molecule has 0 saturated heterocycles. The smallest absolute Gasteiger partial charge is 0.0468 e. The molecule has 7 aromatic carbocycles. The number of hydrogen-bond donors (Lipinski definition) is 0. The zero-order valence-corrected chi connectivity index (χ0v) is 29.3. The molecule has 246 valence electrons. The van der Waals surface area contributed by atoms with E-state index in [1.54, 1.807) is 0 Å². The van der Waals surface area contributed by atoms with Gasteiger partial charge in [0, 0.05) is 17.1 Å². The summed E-state index contributed by atoms with van der Waals surface area (Å²) in [6, 6.07) is 60.0. The van der Waals surface area contributed by atoms with Crippen LogP contribution in [0.4, 0.5) is 17.1 Å². The number of rotatable bonds is 8. The first-order valence-electron chi connectivity index (χ1n) is 17.9. The minimum Gasteiger partial charge on any atom is -0.310 e. The average Bonchev–Trinajstić information content (AvgIpc) is 3.20. The Balaban J connectivity index is 1.23. The Morgan fingerprint density at radius 1 is 0.490 bits per heavy atom. The van der Waals surface area contributed by atoms with Crippen LogP contribution in [0.5, 0.6) is 0 Å². The van der Waals surface area contributed by atoms with Gasteiger partial charge in [0.15, 0.2) is 0 Å². The molecule has 1 nitrogen and oxygen atoms in total. The van der Waals surface area contributed by atoms with E-state index in [2.05, 4.69) is 207 Å². The zero-order valence-electron chi connectivity index (χ0n) is 29.3. The third-order valence-electron chi connectivity index (χ3n) is 9.99. The van der Waals surface area contributed by atoms with Crippen molar-refractivity contribution in [3.63, 3.8) is 0 Å². The Morgan fingerprint density at radius 2 is 1.06 bits per heavy atom. The van der Waals surface area contributed by atoms with Crippen LogP contribution in [-0.4, -0.2) is 0 Å². The maximum atomic E-state index is 2.38. The van der Waals surface area contributed by atoms with Crippen molar-refractivity contribution in [1.29, 1.82) is 0 Å². The molecule has 1 aliphatic carbocycles. The van der Waals surface area contributed by atoms with Crippen LogP contribution in [0.25, 0.3) is 56.7 Å². The number of hydrogen-bond acceptors (Lipinski definition) is 1. The van der Waals surface area contributed by atoms with Crippen molar-refractivity contribution in [3.05, 3.63) is 198 Å². The van der Waals surface area contributed by atoms with Crippen LogP contribution in [0.15, 0.2) is 176 Å². The fourth-order valence-electron chi connectivity index (χ4n) is 7.24. The zero-order chi connectivity index (χ0) is 34.6. The second-order valence-corrected chi connectivity index (χ2v) is 13.3. The molecule has 0 radical (unpaired) electrons. The summed E-state index contributed by atoms with van der Waals surface area (Å²) in [6.45, 7) is 4.24. The van der Waals surface area contributed by atoms with Crippen LogP contribution >= 0.6 is 0 Å². The molecule has 0 atom stereocenters. The third-order valence-corrected chi connectivity index (χ3v) is 9.99. The Hall–Kier alpha value is -6.18. The average molecular weight is 656 g/mol. The van der Waals surface area contributed by atoms with Gasteiger partial charge in [-0.05, 0) is 136 Å². The lowest BCUT2D eigenvalue weighted by molar-refractivity contribution is 0.986. The van der Waals surface area contributed by atoms with Crippen LogP contribution in [0.3, 0.4) is 0 Å². The van der Waals surface area contributed by atoms with Crippen molar-refractivity contribution >= 4 is 29.2 Å². The lowest BCUT2D eigenvalue weighted by Gasteiger charge is -2.27. The van der Waals surface area contributed by atoms with Crippen molar-refractivity contribution in [2.75, 3.05) is 4.90 Å². The number of benzene rings is 7. The van der Waals surface area contributed by atoms with Crippen molar-refractivity contribution in [2.24, 2.45) is 0 Å². The molecule has 8 rings (SSSR count). The molecule has 1 aliphatic rings. The standard InChI is InChI=1S/C50H41N/c1-3-12-42-33-44(20-19-36(42)2)38-23-27-46(28-24-38)51(47-29-25-39(26-30-47)45-22-21-37-13-10-11-18-43(37)34-45)48-31-32-49(40-14-6-4-7-15-40)50(35-48)41-16-8-5-9-17-41/h3-10,12-17,19-35H,11,18H2,1-2H3/b12-3-. The maximum absolute atomic E-state index is 2.38. The molecule has 0 unspecified atom stereocenters. The molecule has 0 spiro atoms. The second-order valence-electron chi connectivity index (χ2n) is 13.3. The van der Waals surface area contributed by atoms with E-state index in [1.165, 1.54) is 66.8 Å². The van der Waals surface area contributed by atoms with Gasteiger partial charge in [0.05, 0.1) is 0 Å². The van der Waals surface area contributed by atoms with Gasteiger partial charge >= 0.3 is 0 Å². The molecule has 7 aromatic rings. The largest absolute Gasteiger partial charge is 0.310 e. The summed E-state index contributed by atoms with van der Waals surface area (Å²) in [5, 5.41) is 0. The Kier molecular flexibility index (Phi) is 9.02. The van der Waals surface area contributed by atoms with E-state index in [4.69, 9.17) is 0 Å². The van der Waals surface area contributed by atoms with Gasteiger partial charge in [-0.25, -0.2) is 0 Å². The van der Waals surface area contributed by atoms with Crippen molar-refractivity contribution in [2.45, 2.75) is 26.7 Å². The number of anilines is 3. The van der Waals surface area contributed by atoms with Gasteiger partial charge in [-0.15, -0.1) is 0 Å². The molecule has 0 aliphatic heterocycles. The van der Waals surface area contributed by atoms with Gasteiger partial charge in [-0.1, -0.05) is 146 Å². The summed E-state index contributed by atoms with van der Waals surface area (Å²) in [7, 11) is 0. The van der Waals surface area contributed by atoms with Crippen molar-refractivity contribution < 1.29 is 0 Å². The summed E-state index contributed by atoms with van der Waals surface area (Å²) < 4.78 is 0. The normalized spacial score (nSPS) is 12.2. The van der Waals surface area contributed by atoms with Crippen LogP contribution in [-0.2, 0) is 6.42 Å². The molecule has 1 heteroatoms. The number of fused-ring (bicyclic) bond motifs is 1. The summed E-state index contributed by atoms with van der Waals surface area (Å²) >= 11 is 0. The highest BCUT2D eigenvalue weighted by atomic mass is 15.1. The van der Waals surface area contributed by atoms with Crippen LogP contribution < -0.4 is 4.90 Å². The number of allylic oxidation sites excluding steroid dienone is 2. The van der Waals surface area contributed by atoms with E-state index in [0.29, 0.717) is 0 Å². The van der Waals surface area contributed by atoms with Gasteiger partial charge in [0.25, 0.3) is 0 Å². The van der Waals surface area contributed by atoms with E-state index in [1.807, 2.05) is 0 Å². The van der Waals surface area contributed by atoms with Gasteiger partial charge in [-0.3, -0.25) is 0 Å². The lowest BCUT2D eigenvalue weighted by Crippen LogP contribution is -2.10. The molecular formula is C50H41N. The van der Waals surface area contributed by atoms with E-state index >= 15 is 0 Å². The first-order chi connectivity index (χ1) is 25.1. The topological polar surface area (TPSA) is 3.24 Å². The molecule has 0 bridgehead atoms. The Bertz CT molecular complexity index is 2350. The highest BCUT2D eigenvalue weighted by Gasteiger charge is 2.17. The van der Waals surface area contributed by atoms with Crippen LogP contribution in [0.2, 0.25) is 0 Å². The minimum atomic E-state index is 1.10. The Labute approximate surface area is 302 Å². The van der Waals surface area contributed by atoms with Crippen LogP contribution in [0.1, 0.15) is 35.6 Å². The first kappa shape index (κ1) is 32.0. The summed E-state index contributed by atoms with van der Waals surface area (Å²) in [6.07, 6.45) is 11.0. The lowest BCUT2D eigenvalue weighted by atomic mass is 9.93. The van der Waals surface area contributed by atoms with Crippen molar-refractivity contribution in [1.82, 2.24) is 0 Å². The molecular weight excluding hydrogens is 615 g/mol. The predicted octanol–water partition coefficient (Wildman–Crippen LogP) is 14.1. The monoisotopic (exact) mass is 655 g/mol. The molecule has 0 saturated carbocycles. The number of aryl methyl sites for hydroxylation is 2. The van der Waals surface area contributed by atoms with Gasteiger partial charge in [-0.2, -0.15) is 0 Å². The Morgan fingerprint density at radius 3 is 1.71 bits per heavy atom. The molecule has 51 heavy (non-hydrogen) atoms.